The van der Waals surface area contributed by atoms with E-state index in [2.05, 4.69) is 21.2 Å². The minimum Gasteiger partial charge on any atom is -0.271 e. The molecule has 4 rings (SSSR count). The van der Waals surface area contributed by atoms with E-state index in [1.54, 1.807) is 0 Å². The van der Waals surface area contributed by atoms with E-state index in [1.165, 1.54) is 16.0 Å². The van der Waals surface area contributed by atoms with Crippen molar-refractivity contribution in [3.05, 3.63) is 70.4 Å². The van der Waals surface area contributed by atoms with Crippen LogP contribution in [0.4, 0.5) is 0 Å². The highest BCUT2D eigenvalue weighted by molar-refractivity contribution is 7.12. The number of para-hydroxylation sites is 1. The van der Waals surface area contributed by atoms with Crippen LogP contribution >= 0.6 is 11.3 Å². The van der Waals surface area contributed by atoms with Crippen molar-refractivity contribution in [1.29, 1.82) is 0 Å². The summed E-state index contributed by atoms with van der Waals surface area (Å²) in [6.07, 6.45) is 0. The number of aromatic nitrogens is 3. The van der Waals surface area contributed by atoms with Gasteiger partial charge in [0, 0.05) is 5.56 Å². The normalized spacial score (nSPS) is 10.8. The maximum Gasteiger partial charge on any atom is 0.280 e. The van der Waals surface area contributed by atoms with Crippen LogP contribution in [0.25, 0.3) is 22.2 Å². The van der Waals surface area contributed by atoms with E-state index in [-0.39, 0.29) is 12.5 Å². The first-order valence-corrected chi connectivity index (χ1v) is 9.52. The quantitative estimate of drug-likeness (QED) is 0.524. The Morgan fingerprint density at radius 3 is 2.64 bits per heavy atom. The standard InChI is InChI=1S/C20H17N5O2S/c1-13-6-8-14(9-7-13)15-10-11-28-19(15)20(27)23-22-18(26)12-25-17-5-3-2-4-16(17)21-24-25/h2-11H,12H2,1H3,(H,22,26)(H,23,27). The summed E-state index contributed by atoms with van der Waals surface area (Å²) in [6.45, 7) is 1.97. The largest absolute Gasteiger partial charge is 0.280 e. The van der Waals surface area contributed by atoms with Crippen LogP contribution in [0, 0.1) is 6.92 Å². The summed E-state index contributed by atoms with van der Waals surface area (Å²) in [7, 11) is 0. The lowest BCUT2D eigenvalue weighted by atomic mass is 10.1. The summed E-state index contributed by atoms with van der Waals surface area (Å²) in [5, 5.41) is 9.83. The molecule has 0 spiro atoms. The highest BCUT2D eigenvalue weighted by Crippen LogP contribution is 2.28. The van der Waals surface area contributed by atoms with E-state index >= 15 is 0 Å². The SMILES string of the molecule is Cc1ccc(-c2ccsc2C(=O)NNC(=O)Cn2nnc3ccccc32)cc1. The fourth-order valence-electron chi connectivity index (χ4n) is 2.84. The molecule has 2 amide bonds. The molecule has 8 heteroatoms. The first-order chi connectivity index (χ1) is 13.6. The third kappa shape index (κ3) is 3.63. The van der Waals surface area contributed by atoms with Crippen LogP contribution in [-0.4, -0.2) is 26.8 Å². The van der Waals surface area contributed by atoms with Crippen LogP contribution in [0.3, 0.4) is 0 Å². The number of carbonyl (C=O) groups excluding carboxylic acids is 2. The number of thiophene rings is 1. The fourth-order valence-corrected chi connectivity index (χ4v) is 3.65. The van der Waals surface area contributed by atoms with Crippen molar-refractivity contribution in [2.24, 2.45) is 0 Å². The molecule has 28 heavy (non-hydrogen) atoms. The van der Waals surface area contributed by atoms with Gasteiger partial charge in [0.15, 0.2) is 0 Å². The topological polar surface area (TPSA) is 88.9 Å². The Bertz CT molecular complexity index is 1150. The maximum absolute atomic E-state index is 12.5. The minimum atomic E-state index is -0.391. The first-order valence-electron chi connectivity index (χ1n) is 8.64. The van der Waals surface area contributed by atoms with Crippen molar-refractivity contribution in [2.75, 3.05) is 0 Å². The molecule has 2 aromatic carbocycles. The molecule has 0 aliphatic carbocycles. The summed E-state index contributed by atoms with van der Waals surface area (Å²) in [5.74, 6) is -0.750. The van der Waals surface area contributed by atoms with Gasteiger partial charge in [-0.15, -0.1) is 16.4 Å². The number of nitrogens with one attached hydrogen (secondary N) is 2. The summed E-state index contributed by atoms with van der Waals surface area (Å²) < 4.78 is 1.49. The highest BCUT2D eigenvalue weighted by atomic mass is 32.1. The van der Waals surface area contributed by atoms with E-state index in [0.717, 1.165) is 22.2 Å². The Hall–Kier alpha value is -3.52. The Labute approximate surface area is 165 Å². The number of rotatable bonds is 4. The average molecular weight is 391 g/mol. The monoisotopic (exact) mass is 391 g/mol. The van der Waals surface area contributed by atoms with Crippen LogP contribution in [0.2, 0.25) is 0 Å². The molecule has 7 nitrogen and oxygen atoms in total. The van der Waals surface area contributed by atoms with Gasteiger partial charge in [-0.2, -0.15) is 0 Å². The van der Waals surface area contributed by atoms with E-state index in [1.807, 2.05) is 66.9 Å². The maximum atomic E-state index is 12.5. The lowest BCUT2D eigenvalue weighted by Crippen LogP contribution is -2.43. The Kier molecular flexibility index (Phi) is 4.86. The van der Waals surface area contributed by atoms with Gasteiger partial charge in [-0.1, -0.05) is 47.2 Å². The zero-order valence-electron chi connectivity index (χ0n) is 15.0. The molecule has 4 aromatic rings. The number of fused-ring (bicyclic) bond motifs is 1. The van der Waals surface area contributed by atoms with Gasteiger partial charge in [0.05, 0.1) is 5.52 Å². The van der Waals surface area contributed by atoms with Crippen LogP contribution in [0.1, 0.15) is 15.2 Å². The van der Waals surface area contributed by atoms with Gasteiger partial charge in [0.2, 0.25) is 0 Å². The second-order valence-corrected chi connectivity index (χ2v) is 7.18. The van der Waals surface area contributed by atoms with Gasteiger partial charge in [0.1, 0.15) is 16.9 Å². The van der Waals surface area contributed by atoms with Crippen molar-refractivity contribution < 1.29 is 9.59 Å². The fraction of sp³-hybridized carbons (Fsp3) is 0.100. The third-order valence-corrected chi connectivity index (χ3v) is 5.18. The molecule has 0 unspecified atom stereocenters. The number of hydrogen-bond donors (Lipinski definition) is 2. The molecule has 0 fully saturated rings. The number of amides is 2. The molecular weight excluding hydrogens is 374 g/mol. The van der Waals surface area contributed by atoms with Gasteiger partial charge in [-0.25, -0.2) is 4.68 Å². The zero-order valence-corrected chi connectivity index (χ0v) is 15.9. The number of hydrogen-bond acceptors (Lipinski definition) is 5. The van der Waals surface area contributed by atoms with Gasteiger partial charge < -0.3 is 0 Å². The van der Waals surface area contributed by atoms with Gasteiger partial charge in [-0.3, -0.25) is 20.4 Å². The molecule has 140 valence electrons. The number of aryl methyl sites for hydroxylation is 1. The molecule has 0 aliphatic heterocycles. The molecular formula is C20H17N5O2S. The van der Waals surface area contributed by atoms with Crippen molar-refractivity contribution >= 4 is 34.2 Å². The van der Waals surface area contributed by atoms with Crippen molar-refractivity contribution in [2.45, 2.75) is 13.5 Å². The highest BCUT2D eigenvalue weighted by Gasteiger charge is 2.16. The number of carbonyl (C=O) groups is 2. The minimum absolute atomic E-state index is 0.0456. The van der Waals surface area contributed by atoms with Gasteiger partial charge in [-0.05, 0) is 36.1 Å². The number of benzene rings is 2. The third-order valence-electron chi connectivity index (χ3n) is 4.26. The van der Waals surface area contributed by atoms with Crippen molar-refractivity contribution in [3.8, 4) is 11.1 Å². The van der Waals surface area contributed by atoms with Crippen molar-refractivity contribution in [1.82, 2.24) is 25.8 Å². The molecule has 2 heterocycles. The molecule has 0 atom stereocenters. The van der Waals surface area contributed by atoms with E-state index in [9.17, 15) is 9.59 Å². The Morgan fingerprint density at radius 1 is 1.04 bits per heavy atom. The predicted molar refractivity (Wildman–Crippen MR) is 108 cm³/mol. The Balaban J connectivity index is 1.41. The van der Waals surface area contributed by atoms with Gasteiger partial charge in [0.25, 0.3) is 11.8 Å². The molecule has 0 saturated heterocycles. The number of hydrazine groups is 1. The second-order valence-electron chi connectivity index (χ2n) is 6.27. The van der Waals surface area contributed by atoms with Crippen molar-refractivity contribution in [3.63, 3.8) is 0 Å². The molecule has 2 aromatic heterocycles. The van der Waals surface area contributed by atoms with Crippen LogP contribution in [0.5, 0.6) is 0 Å². The number of nitrogens with zero attached hydrogens (tertiary/aromatic N) is 3. The molecule has 0 saturated carbocycles. The zero-order chi connectivity index (χ0) is 19.5. The first kappa shape index (κ1) is 17.9. The van der Waals surface area contributed by atoms with E-state index < -0.39 is 5.91 Å². The lowest BCUT2D eigenvalue weighted by Gasteiger charge is -2.08. The second kappa shape index (κ2) is 7.61. The molecule has 0 aliphatic rings. The molecule has 0 bridgehead atoms. The average Bonchev–Trinajstić information content (AvgIpc) is 3.35. The van der Waals surface area contributed by atoms with E-state index in [4.69, 9.17) is 0 Å². The van der Waals surface area contributed by atoms with Crippen LogP contribution in [-0.2, 0) is 11.3 Å². The van der Waals surface area contributed by atoms with Crippen LogP contribution in [0.15, 0.2) is 60.0 Å². The summed E-state index contributed by atoms with van der Waals surface area (Å²) >= 11 is 1.32. The summed E-state index contributed by atoms with van der Waals surface area (Å²) in [4.78, 5) is 25.3. The lowest BCUT2D eigenvalue weighted by molar-refractivity contribution is -0.122. The smallest absolute Gasteiger partial charge is 0.271 e. The molecule has 0 radical (unpaired) electrons. The van der Waals surface area contributed by atoms with Gasteiger partial charge >= 0.3 is 0 Å². The van der Waals surface area contributed by atoms with Crippen LogP contribution < -0.4 is 10.9 Å². The summed E-state index contributed by atoms with van der Waals surface area (Å²) in [5.41, 5.74) is 9.32. The predicted octanol–water partition coefficient (Wildman–Crippen LogP) is 2.93. The van der Waals surface area contributed by atoms with E-state index in [0.29, 0.717) is 10.4 Å². The summed E-state index contributed by atoms with van der Waals surface area (Å²) in [6, 6.07) is 17.2. The molecule has 2 N–H and O–H groups in total. The Morgan fingerprint density at radius 2 is 1.82 bits per heavy atom.